The van der Waals surface area contributed by atoms with Crippen LogP contribution in [0.15, 0.2) is 0 Å². The Labute approximate surface area is 239 Å². The predicted octanol–water partition coefficient (Wildman–Crippen LogP) is 6.68. The molecule has 15 atom stereocenters. The molecule has 5 aliphatic rings. The molecule has 226 valence electrons. The Morgan fingerprint density at radius 1 is 0.897 bits per heavy atom. The van der Waals surface area contributed by atoms with Gasteiger partial charge in [-0.2, -0.15) is 0 Å². The van der Waals surface area contributed by atoms with Gasteiger partial charge in [0, 0.05) is 11.3 Å². The molecule has 4 N–H and O–H groups in total. The maximum absolute atomic E-state index is 12.5. The van der Waals surface area contributed by atoms with Crippen molar-refractivity contribution in [3.8, 4) is 0 Å². The minimum absolute atomic E-state index is 0.0189. The molecule has 5 aliphatic carbocycles. The van der Waals surface area contributed by atoms with Crippen molar-refractivity contribution in [1.29, 1.82) is 0 Å². The third kappa shape index (κ3) is 4.60. The zero-order chi connectivity index (χ0) is 28.7. The molecule has 0 aromatic rings. The summed E-state index contributed by atoms with van der Waals surface area (Å²) in [4.78, 5) is 0. The molecule has 15 unspecified atom stereocenters. The Bertz CT molecular complexity index is 867. The number of hydrogen-bond donors (Lipinski definition) is 4. The minimum Gasteiger partial charge on any atom is -0.393 e. The molecule has 5 saturated carbocycles. The second-order valence-corrected chi connectivity index (χ2v) is 16.9. The second kappa shape index (κ2) is 10.5. The highest BCUT2D eigenvalue weighted by molar-refractivity contribution is 5.19. The normalized spacial score (nSPS) is 55.2. The fourth-order valence-electron chi connectivity index (χ4n) is 12.6. The van der Waals surface area contributed by atoms with E-state index in [4.69, 9.17) is 0 Å². The van der Waals surface area contributed by atoms with Crippen molar-refractivity contribution < 1.29 is 20.4 Å². The molecule has 0 aliphatic heterocycles. The standard InChI is InChI=1S/C35H62O4/c1-19(2)25-15-24(14-13-23-11-9-10-12-23)20(3)28-26(25)16-33(6)18-34(7)17-27(37)29(22(5)36)32(39)35(34,8)21(4)30(33)31(28)38/h19-32,36-39H,9-18H2,1-8H3. The van der Waals surface area contributed by atoms with E-state index < -0.39 is 29.6 Å². The van der Waals surface area contributed by atoms with Crippen LogP contribution in [0.1, 0.15) is 120 Å². The molecule has 0 aromatic heterocycles. The van der Waals surface area contributed by atoms with Crippen molar-refractivity contribution >= 4 is 0 Å². The second-order valence-electron chi connectivity index (χ2n) is 16.9. The van der Waals surface area contributed by atoms with E-state index in [1.54, 1.807) is 6.92 Å². The van der Waals surface area contributed by atoms with Gasteiger partial charge in [0.15, 0.2) is 0 Å². The molecule has 0 bridgehead atoms. The van der Waals surface area contributed by atoms with Crippen LogP contribution in [-0.4, -0.2) is 44.8 Å². The fraction of sp³-hybridized carbons (Fsp3) is 1.00. The van der Waals surface area contributed by atoms with Crippen LogP contribution < -0.4 is 0 Å². The first kappa shape index (κ1) is 30.3. The molecular formula is C35H62O4. The fourth-order valence-corrected chi connectivity index (χ4v) is 12.6. The molecule has 0 radical (unpaired) electrons. The Morgan fingerprint density at radius 2 is 1.54 bits per heavy atom. The van der Waals surface area contributed by atoms with Crippen molar-refractivity contribution in [3.05, 3.63) is 0 Å². The van der Waals surface area contributed by atoms with Gasteiger partial charge in [-0.05, 0) is 103 Å². The molecule has 0 saturated heterocycles. The molecule has 4 nitrogen and oxygen atoms in total. The summed E-state index contributed by atoms with van der Waals surface area (Å²) in [5, 5.41) is 46.2. The molecule has 5 rings (SSSR count). The maximum Gasteiger partial charge on any atom is 0.0679 e. The minimum atomic E-state index is -0.790. The van der Waals surface area contributed by atoms with Gasteiger partial charge in [-0.1, -0.05) is 80.6 Å². The Kier molecular flexibility index (Phi) is 8.18. The summed E-state index contributed by atoms with van der Waals surface area (Å²) in [5.74, 6) is 3.99. The van der Waals surface area contributed by atoms with Gasteiger partial charge in [0.2, 0.25) is 0 Å². The molecule has 0 amide bonds. The maximum atomic E-state index is 12.5. The van der Waals surface area contributed by atoms with Gasteiger partial charge in [0.25, 0.3) is 0 Å². The van der Waals surface area contributed by atoms with Gasteiger partial charge in [-0.3, -0.25) is 0 Å². The van der Waals surface area contributed by atoms with E-state index in [9.17, 15) is 20.4 Å². The van der Waals surface area contributed by atoms with E-state index in [1.165, 1.54) is 44.9 Å². The largest absolute Gasteiger partial charge is 0.393 e. The van der Waals surface area contributed by atoms with E-state index >= 15 is 0 Å². The number of aliphatic hydroxyl groups excluding tert-OH is 4. The predicted molar refractivity (Wildman–Crippen MR) is 158 cm³/mol. The first-order valence-corrected chi connectivity index (χ1v) is 16.9. The monoisotopic (exact) mass is 546 g/mol. The van der Waals surface area contributed by atoms with Crippen LogP contribution >= 0.6 is 0 Å². The van der Waals surface area contributed by atoms with Crippen LogP contribution in [0.4, 0.5) is 0 Å². The molecule has 4 heteroatoms. The lowest BCUT2D eigenvalue weighted by Crippen LogP contribution is -2.71. The molecule has 0 heterocycles. The van der Waals surface area contributed by atoms with E-state index in [1.807, 2.05) is 0 Å². The first-order chi connectivity index (χ1) is 18.2. The van der Waals surface area contributed by atoms with Crippen LogP contribution in [0.2, 0.25) is 0 Å². The average molecular weight is 547 g/mol. The van der Waals surface area contributed by atoms with Crippen LogP contribution in [0.25, 0.3) is 0 Å². The third-order valence-electron chi connectivity index (χ3n) is 14.7. The highest BCUT2D eigenvalue weighted by Gasteiger charge is 2.70. The molecule has 39 heavy (non-hydrogen) atoms. The Morgan fingerprint density at radius 3 is 2.13 bits per heavy atom. The van der Waals surface area contributed by atoms with Crippen molar-refractivity contribution in [2.75, 3.05) is 0 Å². The molecule has 0 aromatic carbocycles. The summed E-state index contributed by atoms with van der Waals surface area (Å²) in [7, 11) is 0. The Balaban J connectivity index is 1.48. The van der Waals surface area contributed by atoms with E-state index in [0.717, 1.165) is 18.8 Å². The van der Waals surface area contributed by atoms with Crippen LogP contribution in [0.3, 0.4) is 0 Å². The lowest BCUT2D eigenvalue weighted by atomic mass is 9.34. The van der Waals surface area contributed by atoms with Gasteiger partial charge in [0.1, 0.15) is 0 Å². The van der Waals surface area contributed by atoms with Crippen molar-refractivity contribution in [2.24, 2.45) is 75.4 Å². The smallest absolute Gasteiger partial charge is 0.0679 e. The summed E-state index contributed by atoms with van der Waals surface area (Å²) < 4.78 is 0. The van der Waals surface area contributed by atoms with Gasteiger partial charge in [-0.15, -0.1) is 0 Å². The quantitative estimate of drug-likeness (QED) is 0.310. The van der Waals surface area contributed by atoms with E-state index in [-0.39, 0.29) is 28.8 Å². The average Bonchev–Trinajstić information content (AvgIpc) is 3.34. The van der Waals surface area contributed by atoms with Gasteiger partial charge < -0.3 is 20.4 Å². The van der Waals surface area contributed by atoms with Crippen molar-refractivity contribution in [3.63, 3.8) is 0 Å². The van der Waals surface area contributed by atoms with Gasteiger partial charge in [0.05, 0.1) is 24.4 Å². The molecular weight excluding hydrogens is 484 g/mol. The van der Waals surface area contributed by atoms with Crippen LogP contribution in [0.5, 0.6) is 0 Å². The van der Waals surface area contributed by atoms with Gasteiger partial charge in [-0.25, -0.2) is 0 Å². The van der Waals surface area contributed by atoms with E-state index in [2.05, 4.69) is 48.5 Å². The van der Waals surface area contributed by atoms with Crippen molar-refractivity contribution in [1.82, 2.24) is 0 Å². The third-order valence-corrected chi connectivity index (χ3v) is 14.7. The SMILES string of the molecule is CC(C)C1CC(CCC2CCCC2)C(C)C2C(O)C3C(C)C4(C)C(O)C(C(C)O)C(O)CC4(C)CC3(C)CC12. The zero-order valence-corrected chi connectivity index (χ0v) is 26.4. The summed E-state index contributed by atoms with van der Waals surface area (Å²) in [6.45, 7) is 18.2. The summed E-state index contributed by atoms with van der Waals surface area (Å²) >= 11 is 0. The van der Waals surface area contributed by atoms with Crippen LogP contribution in [-0.2, 0) is 0 Å². The summed E-state index contributed by atoms with van der Waals surface area (Å²) in [6, 6.07) is 0. The summed E-state index contributed by atoms with van der Waals surface area (Å²) in [6.07, 6.45) is 9.76. The number of fused-ring (bicyclic) bond motifs is 3. The first-order valence-electron chi connectivity index (χ1n) is 16.9. The van der Waals surface area contributed by atoms with Crippen molar-refractivity contribution in [2.45, 2.75) is 144 Å². The van der Waals surface area contributed by atoms with E-state index in [0.29, 0.717) is 41.9 Å². The number of hydrogen-bond acceptors (Lipinski definition) is 4. The topological polar surface area (TPSA) is 80.9 Å². The highest BCUT2D eigenvalue weighted by atomic mass is 16.3. The molecule has 5 fully saturated rings. The Hall–Kier alpha value is -0.160. The number of rotatable bonds is 5. The highest BCUT2D eigenvalue weighted by Crippen LogP contribution is 2.72. The zero-order valence-electron chi connectivity index (χ0n) is 26.4. The molecule has 0 spiro atoms. The lowest BCUT2D eigenvalue weighted by Gasteiger charge is -2.72. The number of aliphatic hydroxyl groups is 4. The summed E-state index contributed by atoms with van der Waals surface area (Å²) in [5.41, 5.74) is -0.732. The van der Waals surface area contributed by atoms with Crippen LogP contribution in [0, 0.1) is 75.4 Å². The lowest BCUT2D eigenvalue weighted by molar-refractivity contribution is -0.288. The van der Waals surface area contributed by atoms with Gasteiger partial charge >= 0.3 is 0 Å².